The zero-order valence-corrected chi connectivity index (χ0v) is 21.8. The van der Waals surface area contributed by atoms with Crippen molar-refractivity contribution in [3.63, 3.8) is 0 Å². The minimum atomic E-state index is -0.0583. The number of aliphatic imine (C=N–C) groups is 1. The Morgan fingerprint density at radius 1 is 0.947 bits per heavy atom. The Morgan fingerprint density at radius 3 is 2.34 bits per heavy atom. The number of carbonyl (C=O) groups is 2. The van der Waals surface area contributed by atoms with E-state index in [0.29, 0.717) is 48.7 Å². The van der Waals surface area contributed by atoms with Gasteiger partial charge in [-0.15, -0.1) is 0 Å². The number of rotatable bonds is 8. The van der Waals surface area contributed by atoms with Crippen LogP contribution in [-0.2, 0) is 20.7 Å². The maximum absolute atomic E-state index is 13.4. The minimum Gasteiger partial charge on any atom is -0.484 e. The molecule has 2 heterocycles. The Kier molecular flexibility index (Phi) is 8.53. The smallest absolute Gasteiger partial charge is 0.266 e. The van der Waals surface area contributed by atoms with E-state index >= 15 is 0 Å². The average molecular weight is 528 g/mol. The lowest BCUT2D eigenvalue weighted by Gasteiger charge is -2.26. The number of amidine groups is 1. The average Bonchev–Trinajstić information content (AvgIpc) is 3.25. The number of morpholine rings is 1. The van der Waals surface area contributed by atoms with Gasteiger partial charge in [0.1, 0.15) is 5.75 Å². The predicted octanol–water partition coefficient (Wildman–Crippen LogP) is 4.77. The highest BCUT2D eigenvalue weighted by molar-refractivity contribution is 8.18. The number of thioether (sulfide) groups is 1. The summed E-state index contributed by atoms with van der Waals surface area (Å²) in [6.45, 7) is 2.85. The molecule has 3 aromatic carbocycles. The topological polar surface area (TPSA) is 71.4 Å². The number of hydrogen-bond acceptors (Lipinski definition) is 6. The second-order valence-corrected chi connectivity index (χ2v) is 9.89. The molecule has 0 aliphatic carbocycles. The molecule has 0 aromatic heterocycles. The summed E-state index contributed by atoms with van der Waals surface area (Å²) in [4.78, 5) is 34.6. The Balaban J connectivity index is 1.27. The molecule has 194 valence electrons. The molecular weight excluding hydrogens is 498 g/mol. The van der Waals surface area contributed by atoms with Crippen LogP contribution in [0.3, 0.4) is 0 Å². The molecule has 0 bridgehead atoms. The van der Waals surface area contributed by atoms with E-state index in [9.17, 15) is 9.59 Å². The molecule has 0 N–H and O–H groups in total. The summed E-state index contributed by atoms with van der Waals surface area (Å²) >= 11 is 1.38. The molecule has 38 heavy (non-hydrogen) atoms. The van der Waals surface area contributed by atoms with Crippen molar-refractivity contribution < 1.29 is 19.1 Å². The van der Waals surface area contributed by atoms with E-state index in [4.69, 9.17) is 14.5 Å². The van der Waals surface area contributed by atoms with Crippen LogP contribution in [0.1, 0.15) is 11.1 Å². The van der Waals surface area contributed by atoms with Crippen molar-refractivity contribution in [1.29, 1.82) is 0 Å². The number of ether oxygens (including phenoxy) is 2. The van der Waals surface area contributed by atoms with Crippen LogP contribution in [-0.4, -0.2) is 66.2 Å². The summed E-state index contributed by atoms with van der Waals surface area (Å²) in [7, 11) is 0. The van der Waals surface area contributed by atoms with Gasteiger partial charge in [0.2, 0.25) is 0 Å². The Hall–Kier alpha value is -3.88. The molecular formula is C30H29N3O4S. The van der Waals surface area contributed by atoms with E-state index in [2.05, 4.69) is 12.1 Å². The van der Waals surface area contributed by atoms with Gasteiger partial charge in [-0.05, 0) is 59.7 Å². The van der Waals surface area contributed by atoms with E-state index in [-0.39, 0.29) is 18.4 Å². The van der Waals surface area contributed by atoms with E-state index in [0.717, 1.165) is 17.7 Å². The maximum atomic E-state index is 13.4. The third-order valence-electron chi connectivity index (χ3n) is 6.24. The second-order valence-electron chi connectivity index (χ2n) is 8.88. The number of carbonyl (C=O) groups excluding carboxylic acids is 2. The maximum Gasteiger partial charge on any atom is 0.266 e. The largest absolute Gasteiger partial charge is 0.484 e. The molecule has 0 spiro atoms. The summed E-state index contributed by atoms with van der Waals surface area (Å²) in [5.41, 5.74) is 2.85. The first kappa shape index (κ1) is 25.8. The summed E-state index contributed by atoms with van der Waals surface area (Å²) in [6.07, 6.45) is 2.61. The number of para-hydroxylation sites is 1. The van der Waals surface area contributed by atoms with E-state index < -0.39 is 0 Å². The SMILES string of the molecule is O=C(COc1ccc(/C=C2\SC(=Nc3ccccc3)N(CCc3ccccc3)C2=O)cc1)N1CCOCC1. The number of nitrogens with zero attached hydrogens (tertiary/aromatic N) is 3. The Labute approximate surface area is 226 Å². The van der Waals surface area contributed by atoms with Crippen LogP contribution >= 0.6 is 11.8 Å². The van der Waals surface area contributed by atoms with Crippen LogP contribution in [0, 0.1) is 0 Å². The summed E-state index contributed by atoms with van der Waals surface area (Å²) in [5.74, 6) is 0.500. The van der Waals surface area contributed by atoms with E-state index in [1.807, 2.05) is 78.9 Å². The third kappa shape index (κ3) is 6.70. The molecule has 0 radical (unpaired) electrons. The lowest BCUT2D eigenvalue weighted by Crippen LogP contribution is -2.42. The third-order valence-corrected chi connectivity index (χ3v) is 7.25. The highest BCUT2D eigenvalue weighted by atomic mass is 32.2. The van der Waals surface area contributed by atoms with Crippen molar-refractivity contribution in [1.82, 2.24) is 9.80 Å². The fourth-order valence-corrected chi connectivity index (χ4v) is 5.17. The van der Waals surface area contributed by atoms with Gasteiger partial charge in [-0.25, -0.2) is 4.99 Å². The highest BCUT2D eigenvalue weighted by Crippen LogP contribution is 2.34. The first-order chi connectivity index (χ1) is 18.7. The molecule has 0 saturated carbocycles. The van der Waals surface area contributed by atoms with Gasteiger partial charge in [0, 0.05) is 19.6 Å². The highest BCUT2D eigenvalue weighted by Gasteiger charge is 2.33. The molecule has 7 nitrogen and oxygen atoms in total. The molecule has 5 rings (SSSR count). The molecule has 2 fully saturated rings. The van der Waals surface area contributed by atoms with Gasteiger partial charge >= 0.3 is 0 Å². The van der Waals surface area contributed by atoms with Crippen LogP contribution in [0.15, 0.2) is 94.8 Å². The number of amides is 2. The van der Waals surface area contributed by atoms with Gasteiger partial charge < -0.3 is 14.4 Å². The lowest BCUT2D eigenvalue weighted by molar-refractivity contribution is -0.137. The van der Waals surface area contributed by atoms with Gasteiger partial charge in [0.15, 0.2) is 11.8 Å². The fraction of sp³-hybridized carbons (Fsp3) is 0.233. The Morgan fingerprint density at radius 2 is 1.63 bits per heavy atom. The molecule has 2 aliphatic heterocycles. The van der Waals surface area contributed by atoms with Gasteiger partial charge in [-0.2, -0.15) is 0 Å². The van der Waals surface area contributed by atoms with Crippen LogP contribution in [0.25, 0.3) is 6.08 Å². The van der Waals surface area contributed by atoms with Crippen LogP contribution in [0.5, 0.6) is 5.75 Å². The lowest BCUT2D eigenvalue weighted by atomic mass is 10.1. The minimum absolute atomic E-state index is 0.00947. The number of hydrogen-bond donors (Lipinski definition) is 0. The monoisotopic (exact) mass is 527 g/mol. The van der Waals surface area contributed by atoms with Crippen molar-refractivity contribution in [3.05, 3.63) is 101 Å². The van der Waals surface area contributed by atoms with Crippen LogP contribution in [0.4, 0.5) is 5.69 Å². The molecule has 8 heteroatoms. The van der Waals surface area contributed by atoms with Gasteiger partial charge in [-0.3, -0.25) is 14.5 Å². The van der Waals surface area contributed by atoms with Gasteiger partial charge in [0.25, 0.3) is 11.8 Å². The molecule has 2 saturated heterocycles. The van der Waals surface area contributed by atoms with Crippen LogP contribution < -0.4 is 4.74 Å². The standard InChI is InChI=1S/C30H29N3O4S/c34-28(32-17-19-36-20-18-32)22-37-26-13-11-24(12-14-26)21-27-29(35)33(16-15-23-7-3-1-4-8-23)30(38-27)31-25-9-5-2-6-10-25/h1-14,21H,15-20,22H2/b27-21-,31-30?. The molecule has 2 amide bonds. The summed E-state index contributed by atoms with van der Waals surface area (Å²) in [6, 6.07) is 27.2. The van der Waals surface area contributed by atoms with E-state index in [1.165, 1.54) is 17.3 Å². The summed E-state index contributed by atoms with van der Waals surface area (Å²) in [5, 5.41) is 0.671. The van der Waals surface area contributed by atoms with Crippen molar-refractivity contribution in [2.24, 2.45) is 4.99 Å². The molecule has 0 unspecified atom stereocenters. The first-order valence-corrected chi connectivity index (χ1v) is 13.4. The second kappa shape index (κ2) is 12.6. The van der Waals surface area contributed by atoms with Crippen LogP contribution in [0.2, 0.25) is 0 Å². The van der Waals surface area contributed by atoms with Gasteiger partial charge in [0.05, 0.1) is 23.8 Å². The zero-order chi connectivity index (χ0) is 26.2. The molecule has 3 aromatic rings. The number of benzene rings is 3. The van der Waals surface area contributed by atoms with Crippen molar-refractivity contribution >= 4 is 40.5 Å². The molecule has 0 atom stereocenters. The van der Waals surface area contributed by atoms with Gasteiger partial charge in [-0.1, -0.05) is 60.7 Å². The zero-order valence-electron chi connectivity index (χ0n) is 21.0. The van der Waals surface area contributed by atoms with E-state index in [1.54, 1.807) is 9.80 Å². The van der Waals surface area contributed by atoms with Crippen molar-refractivity contribution in [2.75, 3.05) is 39.5 Å². The Bertz CT molecular complexity index is 1300. The predicted molar refractivity (Wildman–Crippen MR) is 150 cm³/mol. The fourth-order valence-electron chi connectivity index (χ4n) is 4.15. The first-order valence-electron chi connectivity index (χ1n) is 12.6. The molecule has 2 aliphatic rings. The normalized spacial score (nSPS) is 17.8. The summed E-state index contributed by atoms with van der Waals surface area (Å²) < 4.78 is 11.0. The van der Waals surface area contributed by atoms with Crippen molar-refractivity contribution in [2.45, 2.75) is 6.42 Å². The van der Waals surface area contributed by atoms with Crippen molar-refractivity contribution in [3.8, 4) is 5.75 Å². The quantitative estimate of drug-likeness (QED) is 0.395.